The zero-order valence-electron chi connectivity index (χ0n) is 13.5. The Hall–Kier alpha value is -2.64. The molecule has 2 amide bonds. The van der Waals surface area contributed by atoms with Crippen LogP contribution in [0.15, 0.2) is 10.9 Å². The van der Waals surface area contributed by atoms with Crippen LogP contribution < -0.4 is 16.2 Å². The monoisotopic (exact) mass is 319 g/mol. The molecule has 8 nitrogen and oxygen atoms in total. The number of nitrogens with one attached hydrogen (secondary N) is 3. The van der Waals surface area contributed by atoms with E-state index in [9.17, 15) is 14.4 Å². The Morgan fingerprint density at radius 3 is 2.65 bits per heavy atom. The van der Waals surface area contributed by atoms with E-state index in [1.807, 2.05) is 13.8 Å². The number of carbonyl (C=O) groups excluding carboxylic acids is 2. The van der Waals surface area contributed by atoms with Crippen molar-refractivity contribution in [2.45, 2.75) is 33.6 Å². The number of aryl methyl sites for hydroxylation is 2. The minimum absolute atomic E-state index is 0.0877. The Morgan fingerprint density at radius 2 is 1.96 bits per heavy atom. The maximum absolute atomic E-state index is 11.8. The summed E-state index contributed by atoms with van der Waals surface area (Å²) in [6.45, 7) is 6.01. The Kier molecular flexibility index (Phi) is 5.15. The van der Waals surface area contributed by atoms with Gasteiger partial charge >= 0.3 is 0 Å². The van der Waals surface area contributed by atoms with Crippen LogP contribution in [0.5, 0.6) is 0 Å². The van der Waals surface area contributed by atoms with Crippen molar-refractivity contribution in [1.29, 1.82) is 0 Å². The molecule has 2 aromatic rings. The number of aromatic nitrogens is 3. The van der Waals surface area contributed by atoms with Crippen molar-refractivity contribution in [3.63, 3.8) is 0 Å². The lowest BCUT2D eigenvalue weighted by molar-refractivity contribution is -0.122. The van der Waals surface area contributed by atoms with Gasteiger partial charge in [-0.05, 0) is 25.8 Å². The van der Waals surface area contributed by atoms with Crippen LogP contribution in [0.4, 0.5) is 0 Å². The van der Waals surface area contributed by atoms with E-state index >= 15 is 0 Å². The third kappa shape index (κ3) is 4.18. The quantitative estimate of drug-likeness (QED) is 0.642. The zero-order valence-corrected chi connectivity index (χ0v) is 13.5. The highest BCUT2D eigenvalue weighted by Gasteiger charge is 2.12. The predicted molar refractivity (Wildman–Crippen MR) is 85.3 cm³/mol. The van der Waals surface area contributed by atoms with Crippen LogP contribution in [-0.2, 0) is 16.0 Å². The number of nitrogens with zero attached hydrogens (tertiary/aromatic N) is 2. The fraction of sp³-hybridized carbons (Fsp3) is 0.467. The zero-order chi connectivity index (χ0) is 17.0. The van der Waals surface area contributed by atoms with Gasteiger partial charge in [0.15, 0.2) is 5.65 Å². The molecule has 0 bridgehead atoms. The highest BCUT2D eigenvalue weighted by Crippen LogP contribution is 2.14. The summed E-state index contributed by atoms with van der Waals surface area (Å²) in [5, 5.41) is 8.06. The fourth-order valence-corrected chi connectivity index (χ4v) is 2.48. The first-order chi connectivity index (χ1) is 10.9. The van der Waals surface area contributed by atoms with Gasteiger partial charge in [0, 0.05) is 43.9 Å². The first-order valence-electron chi connectivity index (χ1n) is 7.47. The van der Waals surface area contributed by atoms with E-state index in [-0.39, 0.29) is 17.4 Å². The van der Waals surface area contributed by atoms with Gasteiger partial charge < -0.3 is 10.6 Å². The van der Waals surface area contributed by atoms with Crippen LogP contribution in [0.3, 0.4) is 0 Å². The molecule has 0 radical (unpaired) electrons. The Bertz CT molecular complexity index is 790. The molecule has 124 valence electrons. The summed E-state index contributed by atoms with van der Waals surface area (Å²) in [4.78, 5) is 38.4. The number of amides is 2. The van der Waals surface area contributed by atoms with Gasteiger partial charge in [-0.25, -0.2) is 9.50 Å². The summed E-state index contributed by atoms with van der Waals surface area (Å²) in [7, 11) is 0. The molecule has 0 aliphatic carbocycles. The van der Waals surface area contributed by atoms with Crippen molar-refractivity contribution in [3.05, 3.63) is 33.4 Å². The number of hydrogen-bond acceptors (Lipinski definition) is 4. The largest absolute Gasteiger partial charge is 0.355 e. The van der Waals surface area contributed by atoms with Crippen LogP contribution in [0.25, 0.3) is 5.65 Å². The number of H-pyrrole nitrogens is 1. The van der Waals surface area contributed by atoms with Crippen molar-refractivity contribution >= 4 is 17.5 Å². The molecule has 23 heavy (non-hydrogen) atoms. The second-order valence-electron chi connectivity index (χ2n) is 5.41. The number of hydrogen-bond donors (Lipinski definition) is 3. The van der Waals surface area contributed by atoms with Crippen LogP contribution in [-0.4, -0.2) is 39.5 Å². The lowest BCUT2D eigenvalue weighted by atomic mass is 10.1. The molecule has 0 saturated heterocycles. The summed E-state index contributed by atoms with van der Waals surface area (Å²) in [5.41, 5.74) is 3.01. The molecule has 8 heteroatoms. The topological polar surface area (TPSA) is 108 Å². The fourth-order valence-electron chi connectivity index (χ4n) is 2.48. The van der Waals surface area contributed by atoms with Crippen LogP contribution in [0.1, 0.15) is 30.3 Å². The molecule has 0 aliphatic rings. The maximum Gasteiger partial charge on any atom is 0.266 e. The Labute approximate surface area is 133 Å². The molecule has 2 heterocycles. The predicted octanol–water partition coefficient (Wildman–Crippen LogP) is -0.176. The molecular weight excluding hydrogens is 298 g/mol. The van der Waals surface area contributed by atoms with E-state index in [0.29, 0.717) is 31.6 Å². The molecule has 0 unspecified atom stereocenters. The summed E-state index contributed by atoms with van der Waals surface area (Å²) in [6, 6.07) is 1.44. The smallest absolute Gasteiger partial charge is 0.266 e. The molecule has 3 N–H and O–H groups in total. The van der Waals surface area contributed by atoms with Gasteiger partial charge in [0.05, 0.1) is 0 Å². The van der Waals surface area contributed by atoms with Gasteiger partial charge in [0.2, 0.25) is 11.8 Å². The van der Waals surface area contributed by atoms with Crippen LogP contribution in [0, 0.1) is 13.8 Å². The number of aromatic amines is 1. The number of fused-ring (bicyclic) bond motifs is 1. The molecule has 0 spiro atoms. The van der Waals surface area contributed by atoms with Crippen molar-refractivity contribution in [3.8, 4) is 0 Å². The molecule has 2 rings (SSSR count). The summed E-state index contributed by atoms with van der Waals surface area (Å²) >= 11 is 0. The standard InChI is InChI=1S/C15H21N5O3/c1-9-12(4-5-14(22)17-7-6-16-11(3)21)10(2)20-13(18-9)8-15(23)19-20/h8H,4-7H2,1-3H3,(H,16,21)(H,17,22)(H,19,23). The van der Waals surface area contributed by atoms with E-state index < -0.39 is 0 Å². The Balaban J connectivity index is 1.97. The van der Waals surface area contributed by atoms with E-state index in [1.54, 1.807) is 4.52 Å². The summed E-state index contributed by atoms with van der Waals surface area (Å²) in [5.74, 6) is -0.208. The maximum atomic E-state index is 11.8. The first-order valence-corrected chi connectivity index (χ1v) is 7.47. The lowest BCUT2D eigenvalue weighted by Crippen LogP contribution is -2.33. The van der Waals surface area contributed by atoms with Crippen molar-refractivity contribution < 1.29 is 9.59 Å². The second kappa shape index (κ2) is 7.08. The van der Waals surface area contributed by atoms with Gasteiger partial charge in [0.25, 0.3) is 5.56 Å². The second-order valence-corrected chi connectivity index (χ2v) is 5.41. The normalized spacial score (nSPS) is 10.7. The average Bonchev–Trinajstić information content (AvgIpc) is 2.83. The number of carbonyl (C=O) groups is 2. The minimum atomic E-state index is -0.201. The lowest BCUT2D eigenvalue weighted by Gasteiger charge is -2.11. The van der Waals surface area contributed by atoms with E-state index in [0.717, 1.165) is 17.0 Å². The molecule has 0 aromatic carbocycles. The van der Waals surface area contributed by atoms with Crippen LogP contribution in [0.2, 0.25) is 0 Å². The van der Waals surface area contributed by atoms with Gasteiger partial charge in [-0.2, -0.15) is 0 Å². The van der Waals surface area contributed by atoms with Crippen molar-refractivity contribution in [1.82, 2.24) is 25.2 Å². The highest BCUT2D eigenvalue weighted by molar-refractivity contribution is 5.76. The van der Waals surface area contributed by atoms with E-state index in [1.165, 1.54) is 13.0 Å². The Morgan fingerprint density at radius 1 is 1.26 bits per heavy atom. The number of rotatable bonds is 6. The van der Waals surface area contributed by atoms with Crippen molar-refractivity contribution in [2.75, 3.05) is 13.1 Å². The molecule has 0 saturated carbocycles. The summed E-state index contributed by atoms with van der Waals surface area (Å²) in [6.07, 6.45) is 0.854. The van der Waals surface area contributed by atoms with Gasteiger partial charge in [-0.15, -0.1) is 0 Å². The molecule has 0 aliphatic heterocycles. The van der Waals surface area contributed by atoms with Gasteiger partial charge in [-0.1, -0.05) is 0 Å². The minimum Gasteiger partial charge on any atom is -0.355 e. The SMILES string of the molecule is CC(=O)NCCNC(=O)CCc1c(C)nc2cc(=O)[nH]n2c1C. The third-order valence-corrected chi connectivity index (χ3v) is 3.63. The molecule has 0 fully saturated rings. The summed E-state index contributed by atoms with van der Waals surface area (Å²) < 4.78 is 1.64. The third-order valence-electron chi connectivity index (χ3n) is 3.63. The van der Waals surface area contributed by atoms with Crippen molar-refractivity contribution in [2.24, 2.45) is 0 Å². The molecular formula is C15H21N5O3. The van der Waals surface area contributed by atoms with Crippen LogP contribution >= 0.6 is 0 Å². The van der Waals surface area contributed by atoms with Gasteiger partial charge in [0.1, 0.15) is 0 Å². The highest BCUT2D eigenvalue weighted by atomic mass is 16.2. The van der Waals surface area contributed by atoms with E-state index in [4.69, 9.17) is 0 Å². The van der Waals surface area contributed by atoms with E-state index in [2.05, 4.69) is 20.7 Å². The first kappa shape index (κ1) is 16.7. The average molecular weight is 319 g/mol. The molecule has 2 aromatic heterocycles. The van der Waals surface area contributed by atoms with Gasteiger partial charge in [-0.3, -0.25) is 19.5 Å². The molecule has 0 atom stereocenters.